The lowest BCUT2D eigenvalue weighted by Gasteiger charge is -1.92. The van der Waals surface area contributed by atoms with Crippen molar-refractivity contribution >= 4 is 26.9 Å². The number of carbonyl (C=O) groups excluding carboxylic acids is 1. The molecular weight excluding hydrogens is 139 g/mol. The average Bonchev–Trinajstić information content (AvgIpc) is 2.14. The molecule has 1 aliphatic rings. The standard InChI is InChI=1S/C5H5OPS/c6-3-5-4(7)1-2-8-5/h1-2,4H,7H2. The maximum Gasteiger partial charge on any atom is 0.136 e. The second kappa shape index (κ2) is 2.50. The zero-order chi connectivity index (χ0) is 5.98. The Hall–Kier alpha value is -0.0300. The fourth-order valence-electron chi connectivity index (χ4n) is 0.455. The van der Waals surface area contributed by atoms with E-state index in [2.05, 4.69) is 9.24 Å². The molecule has 3 heteroatoms. The summed E-state index contributed by atoms with van der Waals surface area (Å²) >= 11 is 1.44. The molecule has 0 saturated heterocycles. The molecule has 0 bridgehead atoms. The Morgan fingerprint density at radius 3 is 2.88 bits per heavy atom. The first-order valence-electron chi connectivity index (χ1n) is 2.18. The lowest BCUT2D eigenvalue weighted by Crippen LogP contribution is -1.87. The van der Waals surface area contributed by atoms with Gasteiger partial charge in [-0.15, -0.1) is 9.24 Å². The minimum atomic E-state index is 0.220. The third-order valence-electron chi connectivity index (χ3n) is 0.884. The second-order valence-electron chi connectivity index (χ2n) is 1.44. The van der Waals surface area contributed by atoms with Gasteiger partial charge in [-0.1, -0.05) is 17.8 Å². The van der Waals surface area contributed by atoms with Crippen molar-refractivity contribution in [2.45, 2.75) is 5.66 Å². The van der Waals surface area contributed by atoms with Crippen LogP contribution in [0.25, 0.3) is 0 Å². The number of hydrogen-bond donors (Lipinski definition) is 0. The number of hydrogen-bond acceptors (Lipinski definition) is 2. The van der Waals surface area contributed by atoms with Gasteiger partial charge in [0.05, 0.1) is 4.91 Å². The van der Waals surface area contributed by atoms with E-state index in [0.717, 1.165) is 4.91 Å². The van der Waals surface area contributed by atoms with Crippen LogP contribution in [-0.4, -0.2) is 11.6 Å². The molecule has 42 valence electrons. The van der Waals surface area contributed by atoms with Gasteiger partial charge in [0.15, 0.2) is 0 Å². The lowest BCUT2D eigenvalue weighted by molar-refractivity contribution is 0.568. The highest BCUT2D eigenvalue weighted by Crippen LogP contribution is 2.30. The predicted octanol–water partition coefficient (Wildman–Crippen LogP) is 1.21. The van der Waals surface area contributed by atoms with Gasteiger partial charge in [0.1, 0.15) is 5.94 Å². The van der Waals surface area contributed by atoms with Crippen molar-refractivity contribution in [2.75, 3.05) is 0 Å². The van der Waals surface area contributed by atoms with Gasteiger partial charge in [0, 0.05) is 5.66 Å². The SMILES string of the molecule is O=C=C1SC=CC1P. The number of allylic oxidation sites excluding steroid dienone is 2. The van der Waals surface area contributed by atoms with Crippen molar-refractivity contribution in [1.29, 1.82) is 0 Å². The molecule has 1 rings (SSSR count). The maximum absolute atomic E-state index is 9.98. The summed E-state index contributed by atoms with van der Waals surface area (Å²) in [5, 5.41) is 1.90. The van der Waals surface area contributed by atoms with E-state index in [1.807, 2.05) is 17.4 Å². The topological polar surface area (TPSA) is 17.1 Å². The zero-order valence-electron chi connectivity index (χ0n) is 4.13. The summed E-state index contributed by atoms with van der Waals surface area (Å²) < 4.78 is 0. The summed E-state index contributed by atoms with van der Waals surface area (Å²) in [6.45, 7) is 0. The van der Waals surface area contributed by atoms with Gasteiger partial charge in [0.25, 0.3) is 0 Å². The molecule has 2 unspecified atom stereocenters. The molecule has 1 heterocycles. The first kappa shape index (κ1) is 6.10. The Morgan fingerprint density at radius 1 is 1.88 bits per heavy atom. The summed E-state index contributed by atoms with van der Waals surface area (Å²) in [4.78, 5) is 10.7. The van der Waals surface area contributed by atoms with Crippen molar-refractivity contribution < 1.29 is 4.79 Å². The van der Waals surface area contributed by atoms with Crippen LogP contribution >= 0.6 is 21.0 Å². The normalized spacial score (nSPS) is 26.1. The van der Waals surface area contributed by atoms with Gasteiger partial charge in [-0.2, -0.15) is 0 Å². The van der Waals surface area contributed by atoms with Crippen LogP contribution in [0.3, 0.4) is 0 Å². The van der Waals surface area contributed by atoms with Gasteiger partial charge in [-0.3, -0.25) is 0 Å². The van der Waals surface area contributed by atoms with Crippen molar-refractivity contribution in [3.05, 3.63) is 16.4 Å². The van der Waals surface area contributed by atoms with Crippen LogP contribution in [0.4, 0.5) is 0 Å². The van der Waals surface area contributed by atoms with Crippen molar-refractivity contribution in [2.24, 2.45) is 0 Å². The highest BCUT2D eigenvalue weighted by molar-refractivity contribution is 8.06. The van der Waals surface area contributed by atoms with Crippen LogP contribution in [0.5, 0.6) is 0 Å². The predicted molar refractivity (Wildman–Crippen MR) is 39.4 cm³/mol. The fraction of sp³-hybridized carbons (Fsp3) is 0.200. The third kappa shape index (κ3) is 1.03. The summed E-state index contributed by atoms with van der Waals surface area (Å²) in [7, 11) is 2.55. The summed E-state index contributed by atoms with van der Waals surface area (Å²) in [6.07, 6.45) is 1.95. The molecule has 0 saturated carbocycles. The van der Waals surface area contributed by atoms with Gasteiger partial charge in [0.2, 0.25) is 0 Å². The molecule has 1 nitrogen and oxygen atoms in total. The van der Waals surface area contributed by atoms with Crippen LogP contribution in [-0.2, 0) is 4.79 Å². The zero-order valence-corrected chi connectivity index (χ0v) is 6.10. The molecular formula is C5H5OPS. The molecule has 0 aromatic rings. The lowest BCUT2D eigenvalue weighted by atomic mass is 10.4. The van der Waals surface area contributed by atoms with Gasteiger partial charge >= 0.3 is 0 Å². The highest BCUT2D eigenvalue weighted by Gasteiger charge is 2.10. The van der Waals surface area contributed by atoms with Crippen LogP contribution < -0.4 is 0 Å². The molecule has 0 N–H and O–H groups in total. The van der Waals surface area contributed by atoms with E-state index in [1.165, 1.54) is 11.8 Å². The highest BCUT2D eigenvalue weighted by atomic mass is 32.2. The van der Waals surface area contributed by atoms with Crippen LogP contribution in [0.2, 0.25) is 0 Å². The van der Waals surface area contributed by atoms with E-state index in [9.17, 15) is 4.79 Å². The molecule has 0 amide bonds. The van der Waals surface area contributed by atoms with Gasteiger partial charge in [-0.25, -0.2) is 4.79 Å². The average molecular weight is 144 g/mol. The van der Waals surface area contributed by atoms with E-state index in [0.29, 0.717) is 0 Å². The van der Waals surface area contributed by atoms with Gasteiger partial charge in [-0.05, 0) is 5.41 Å². The van der Waals surface area contributed by atoms with E-state index < -0.39 is 0 Å². The van der Waals surface area contributed by atoms with Crippen molar-refractivity contribution in [1.82, 2.24) is 0 Å². The Labute approximate surface area is 54.4 Å². The number of rotatable bonds is 0. The number of thioether (sulfide) groups is 1. The van der Waals surface area contributed by atoms with Crippen molar-refractivity contribution in [3.63, 3.8) is 0 Å². The molecule has 0 aromatic heterocycles. The van der Waals surface area contributed by atoms with E-state index in [1.54, 1.807) is 0 Å². The van der Waals surface area contributed by atoms with Crippen molar-refractivity contribution in [3.8, 4) is 0 Å². The summed E-state index contributed by atoms with van der Waals surface area (Å²) in [6, 6.07) is 0. The molecule has 0 radical (unpaired) electrons. The third-order valence-corrected chi connectivity index (χ3v) is 2.58. The molecule has 0 spiro atoms. The molecule has 8 heavy (non-hydrogen) atoms. The van der Waals surface area contributed by atoms with Crippen LogP contribution in [0.15, 0.2) is 16.4 Å². The molecule has 0 aliphatic carbocycles. The first-order valence-corrected chi connectivity index (χ1v) is 3.73. The monoisotopic (exact) mass is 144 g/mol. The van der Waals surface area contributed by atoms with E-state index in [4.69, 9.17) is 0 Å². The smallest absolute Gasteiger partial charge is 0.136 e. The molecule has 2 atom stereocenters. The van der Waals surface area contributed by atoms with E-state index in [-0.39, 0.29) is 5.66 Å². The minimum Gasteiger partial charge on any atom is -0.233 e. The first-order chi connectivity index (χ1) is 3.84. The van der Waals surface area contributed by atoms with E-state index >= 15 is 0 Å². The van der Waals surface area contributed by atoms with Crippen LogP contribution in [0.1, 0.15) is 0 Å². The second-order valence-corrected chi connectivity index (χ2v) is 3.10. The Bertz CT molecular complexity index is 169. The Kier molecular flexibility index (Phi) is 1.90. The summed E-state index contributed by atoms with van der Waals surface area (Å²) in [5.74, 6) is 1.86. The quantitative estimate of drug-likeness (QED) is 0.375. The molecule has 1 aliphatic heterocycles. The van der Waals surface area contributed by atoms with Gasteiger partial charge < -0.3 is 0 Å². The maximum atomic E-state index is 9.98. The summed E-state index contributed by atoms with van der Waals surface area (Å²) in [5.41, 5.74) is 0.220. The largest absolute Gasteiger partial charge is 0.233 e. The molecule has 0 fully saturated rings. The fourth-order valence-corrected chi connectivity index (χ4v) is 1.71. The molecule has 0 aromatic carbocycles. The van der Waals surface area contributed by atoms with Crippen LogP contribution in [0, 0.1) is 0 Å². The Balaban J connectivity index is 2.79. The Morgan fingerprint density at radius 2 is 2.62 bits per heavy atom. The minimum absolute atomic E-state index is 0.220.